The molecule has 16 heavy (non-hydrogen) atoms. The third-order valence-corrected chi connectivity index (χ3v) is 2.51. The van der Waals surface area contributed by atoms with Gasteiger partial charge < -0.3 is 9.84 Å². The van der Waals surface area contributed by atoms with Crippen molar-refractivity contribution in [2.45, 2.75) is 25.9 Å². The Hall–Kier alpha value is -0.800. The molecule has 0 spiro atoms. The lowest BCUT2D eigenvalue weighted by Crippen LogP contribution is -2.19. The number of alkyl halides is 1. The molecule has 0 fully saturated rings. The van der Waals surface area contributed by atoms with Crippen molar-refractivity contribution >= 4 is 11.6 Å². The average molecular weight is 247 g/mol. The Labute approximate surface area is 100.0 Å². The molecule has 0 aromatic heterocycles. The molecule has 0 aliphatic rings. The van der Waals surface area contributed by atoms with E-state index in [4.69, 9.17) is 16.3 Å². The highest BCUT2D eigenvalue weighted by atomic mass is 35.5. The van der Waals surface area contributed by atoms with E-state index in [2.05, 4.69) is 0 Å². The van der Waals surface area contributed by atoms with Crippen molar-refractivity contribution in [1.29, 1.82) is 0 Å². The van der Waals surface area contributed by atoms with Gasteiger partial charge in [-0.3, -0.25) is 0 Å². The highest BCUT2D eigenvalue weighted by molar-refractivity contribution is 6.18. The van der Waals surface area contributed by atoms with E-state index in [1.54, 1.807) is 6.07 Å². The van der Waals surface area contributed by atoms with Gasteiger partial charge in [-0.25, -0.2) is 4.39 Å². The summed E-state index contributed by atoms with van der Waals surface area (Å²) >= 11 is 5.45. The van der Waals surface area contributed by atoms with E-state index in [-0.39, 0.29) is 18.3 Å². The number of aliphatic hydroxyl groups is 1. The maximum Gasteiger partial charge on any atom is 0.123 e. The number of aryl methyl sites for hydroxylation is 1. The van der Waals surface area contributed by atoms with Crippen molar-refractivity contribution in [3.05, 3.63) is 29.6 Å². The van der Waals surface area contributed by atoms with Crippen LogP contribution in [-0.2, 0) is 6.42 Å². The van der Waals surface area contributed by atoms with Gasteiger partial charge in [-0.2, -0.15) is 0 Å². The number of hydrogen-bond acceptors (Lipinski definition) is 2. The maximum absolute atomic E-state index is 13.0. The third kappa shape index (κ3) is 3.99. The minimum absolute atomic E-state index is 0.129. The molecule has 0 saturated heterocycles. The first-order chi connectivity index (χ1) is 7.67. The molecule has 0 heterocycles. The van der Waals surface area contributed by atoms with E-state index in [0.29, 0.717) is 5.75 Å². The lowest BCUT2D eigenvalue weighted by Gasteiger charge is -2.13. The van der Waals surface area contributed by atoms with E-state index in [1.165, 1.54) is 12.1 Å². The highest BCUT2D eigenvalue weighted by Crippen LogP contribution is 2.21. The zero-order valence-corrected chi connectivity index (χ0v) is 10.0. The molecule has 0 radical (unpaired) electrons. The summed E-state index contributed by atoms with van der Waals surface area (Å²) in [5.74, 6) is 0.478. The maximum atomic E-state index is 13.0. The predicted molar refractivity (Wildman–Crippen MR) is 62.6 cm³/mol. The van der Waals surface area contributed by atoms with Gasteiger partial charge in [-0.15, -0.1) is 11.6 Å². The van der Waals surface area contributed by atoms with Gasteiger partial charge in [0.2, 0.25) is 0 Å². The Morgan fingerprint density at radius 1 is 1.50 bits per heavy atom. The minimum Gasteiger partial charge on any atom is -0.491 e. The standard InChI is InChI=1S/C12H16ClFO2/c1-2-3-9-6-10(14)4-5-12(9)16-8-11(15)7-13/h4-6,11,15H,2-3,7-8H2,1H3. The van der Waals surface area contributed by atoms with Crippen LogP contribution in [0.15, 0.2) is 18.2 Å². The molecular formula is C12H16ClFO2. The van der Waals surface area contributed by atoms with E-state index >= 15 is 0 Å². The molecule has 2 nitrogen and oxygen atoms in total. The molecule has 0 saturated carbocycles. The molecule has 4 heteroatoms. The van der Waals surface area contributed by atoms with Gasteiger partial charge in [-0.1, -0.05) is 13.3 Å². The fraction of sp³-hybridized carbons (Fsp3) is 0.500. The summed E-state index contributed by atoms with van der Waals surface area (Å²) in [6, 6.07) is 4.40. The largest absolute Gasteiger partial charge is 0.491 e. The molecule has 0 amide bonds. The van der Waals surface area contributed by atoms with Gasteiger partial charge in [0.25, 0.3) is 0 Å². The second kappa shape index (κ2) is 6.71. The Morgan fingerprint density at radius 2 is 2.25 bits per heavy atom. The van der Waals surface area contributed by atoms with Crippen molar-refractivity contribution in [2.75, 3.05) is 12.5 Å². The van der Waals surface area contributed by atoms with Crippen LogP contribution in [0.25, 0.3) is 0 Å². The first-order valence-corrected chi connectivity index (χ1v) is 5.86. The second-order valence-electron chi connectivity index (χ2n) is 3.62. The lowest BCUT2D eigenvalue weighted by atomic mass is 10.1. The Balaban J connectivity index is 2.70. The van der Waals surface area contributed by atoms with Crippen LogP contribution < -0.4 is 4.74 Å². The van der Waals surface area contributed by atoms with Crippen molar-refractivity contribution in [3.8, 4) is 5.75 Å². The molecule has 1 atom stereocenters. The van der Waals surface area contributed by atoms with Crippen LogP contribution >= 0.6 is 11.6 Å². The molecular weight excluding hydrogens is 231 g/mol. The van der Waals surface area contributed by atoms with Crippen LogP contribution in [0.2, 0.25) is 0 Å². The van der Waals surface area contributed by atoms with Crippen molar-refractivity contribution in [3.63, 3.8) is 0 Å². The van der Waals surface area contributed by atoms with Crippen molar-refractivity contribution in [1.82, 2.24) is 0 Å². The zero-order chi connectivity index (χ0) is 12.0. The van der Waals surface area contributed by atoms with E-state index < -0.39 is 6.10 Å². The smallest absolute Gasteiger partial charge is 0.123 e. The number of aliphatic hydroxyl groups excluding tert-OH is 1. The summed E-state index contributed by atoms with van der Waals surface area (Å²) in [7, 11) is 0. The van der Waals surface area contributed by atoms with Gasteiger partial charge in [-0.05, 0) is 30.2 Å². The lowest BCUT2D eigenvalue weighted by molar-refractivity contribution is 0.124. The third-order valence-electron chi connectivity index (χ3n) is 2.15. The zero-order valence-electron chi connectivity index (χ0n) is 9.25. The highest BCUT2D eigenvalue weighted by Gasteiger charge is 2.07. The van der Waals surface area contributed by atoms with Crippen molar-refractivity contribution in [2.24, 2.45) is 0 Å². The van der Waals surface area contributed by atoms with Gasteiger partial charge >= 0.3 is 0 Å². The summed E-state index contributed by atoms with van der Waals surface area (Å²) in [5, 5.41) is 9.26. The van der Waals surface area contributed by atoms with Gasteiger partial charge in [0.15, 0.2) is 0 Å². The van der Waals surface area contributed by atoms with E-state index in [0.717, 1.165) is 18.4 Å². The van der Waals surface area contributed by atoms with Crippen LogP contribution in [0.1, 0.15) is 18.9 Å². The Kier molecular flexibility index (Phi) is 5.56. The minimum atomic E-state index is -0.693. The SMILES string of the molecule is CCCc1cc(F)ccc1OCC(O)CCl. The molecule has 1 rings (SSSR count). The fourth-order valence-electron chi connectivity index (χ4n) is 1.38. The number of halogens is 2. The van der Waals surface area contributed by atoms with Crippen molar-refractivity contribution < 1.29 is 14.2 Å². The molecule has 90 valence electrons. The number of benzene rings is 1. The van der Waals surface area contributed by atoms with Gasteiger partial charge in [0, 0.05) is 0 Å². The first kappa shape index (κ1) is 13.3. The monoisotopic (exact) mass is 246 g/mol. The van der Waals surface area contributed by atoms with Crippen LogP contribution in [0.5, 0.6) is 5.75 Å². The summed E-state index contributed by atoms with van der Waals surface area (Å²) in [6.07, 6.45) is 0.975. The summed E-state index contributed by atoms with van der Waals surface area (Å²) < 4.78 is 18.4. The molecule has 0 aliphatic carbocycles. The number of hydrogen-bond donors (Lipinski definition) is 1. The van der Waals surface area contributed by atoms with Gasteiger partial charge in [0.1, 0.15) is 24.3 Å². The molecule has 1 N–H and O–H groups in total. The summed E-state index contributed by atoms with van der Waals surface area (Å²) in [6.45, 7) is 2.15. The molecule has 1 aromatic rings. The molecule has 1 unspecified atom stereocenters. The number of ether oxygens (including phenoxy) is 1. The Morgan fingerprint density at radius 3 is 2.88 bits per heavy atom. The number of rotatable bonds is 6. The fourth-order valence-corrected chi connectivity index (χ4v) is 1.47. The average Bonchev–Trinajstić information content (AvgIpc) is 2.28. The van der Waals surface area contributed by atoms with E-state index in [9.17, 15) is 9.50 Å². The van der Waals surface area contributed by atoms with Crippen LogP contribution in [0.3, 0.4) is 0 Å². The topological polar surface area (TPSA) is 29.5 Å². The van der Waals surface area contributed by atoms with Crippen LogP contribution in [-0.4, -0.2) is 23.7 Å². The molecule has 0 bridgehead atoms. The first-order valence-electron chi connectivity index (χ1n) is 5.32. The summed E-state index contributed by atoms with van der Waals surface area (Å²) in [4.78, 5) is 0. The molecule has 1 aromatic carbocycles. The van der Waals surface area contributed by atoms with Crippen LogP contribution in [0.4, 0.5) is 4.39 Å². The second-order valence-corrected chi connectivity index (χ2v) is 3.93. The van der Waals surface area contributed by atoms with Gasteiger partial charge in [0.05, 0.1) is 5.88 Å². The van der Waals surface area contributed by atoms with E-state index in [1.807, 2.05) is 6.92 Å². The summed E-state index contributed by atoms with van der Waals surface area (Å²) in [5.41, 5.74) is 0.823. The van der Waals surface area contributed by atoms with Crippen LogP contribution in [0, 0.1) is 5.82 Å². The normalized spacial score (nSPS) is 12.5. The predicted octanol–water partition coefficient (Wildman–Crippen LogP) is 2.76. The quantitative estimate of drug-likeness (QED) is 0.782. The molecule has 0 aliphatic heterocycles. The Bertz CT molecular complexity index is 331.